The number of ether oxygens (including phenoxy) is 4. The van der Waals surface area contributed by atoms with Gasteiger partial charge in [0.25, 0.3) is 0 Å². The highest BCUT2D eigenvalue weighted by atomic mass is 16.7. The summed E-state index contributed by atoms with van der Waals surface area (Å²) in [5.74, 6) is -1.49. The van der Waals surface area contributed by atoms with Gasteiger partial charge in [-0.15, -0.1) is 0 Å². The molecule has 0 saturated carbocycles. The predicted molar refractivity (Wildman–Crippen MR) is 186 cm³/mol. The van der Waals surface area contributed by atoms with Crippen molar-refractivity contribution in [3.8, 4) is 0 Å². The number of nitrogens with one attached hydrogen (secondary N) is 1. The SMILES string of the molecule is C[C@]1(OC(=O)c2ccccc2)C(OC(=O)c2ccccc2)[C@@H](COC(=O)c2ccccc2)O[C@H]1n1cnc2c(NCc3ccccc3)ncnc21. The molecule has 12 nitrogen and oxygen atoms in total. The Balaban J connectivity index is 1.27. The summed E-state index contributed by atoms with van der Waals surface area (Å²) < 4.78 is 26.3. The van der Waals surface area contributed by atoms with E-state index in [4.69, 9.17) is 18.9 Å². The molecule has 1 aliphatic rings. The van der Waals surface area contributed by atoms with Gasteiger partial charge in [0, 0.05) is 6.54 Å². The van der Waals surface area contributed by atoms with Crippen LogP contribution >= 0.6 is 0 Å². The molecule has 2 aromatic heterocycles. The van der Waals surface area contributed by atoms with Crippen molar-refractivity contribution in [3.05, 3.63) is 156 Å². The molecule has 3 heterocycles. The lowest BCUT2D eigenvalue weighted by atomic mass is 9.95. The molecule has 6 aromatic rings. The first-order valence-corrected chi connectivity index (χ1v) is 16.3. The van der Waals surface area contributed by atoms with Gasteiger partial charge in [0.1, 0.15) is 19.0 Å². The van der Waals surface area contributed by atoms with E-state index < -0.39 is 41.9 Å². The summed E-state index contributed by atoms with van der Waals surface area (Å²) in [5.41, 5.74) is 1.02. The monoisotopic (exact) mass is 683 g/mol. The Hall–Kier alpha value is -6.40. The molecule has 1 saturated heterocycles. The zero-order valence-electron chi connectivity index (χ0n) is 27.5. The van der Waals surface area contributed by atoms with Gasteiger partial charge >= 0.3 is 17.9 Å². The van der Waals surface area contributed by atoms with E-state index in [1.165, 1.54) is 12.7 Å². The van der Waals surface area contributed by atoms with Gasteiger partial charge in [0.15, 0.2) is 34.9 Å². The summed E-state index contributed by atoms with van der Waals surface area (Å²) in [6.45, 7) is 1.77. The van der Waals surface area contributed by atoms with Crippen molar-refractivity contribution in [1.29, 1.82) is 0 Å². The third-order valence-corrected chi connectivity index (χ3v) is 8.56. The second-order valence-corrected chi connectivity index (χ2v) is 12.0. The van der Waals surface area contributed by atoms with E-state index >= 15 is 0 Å². The van der Waals surface area contributed by atoms with Crippen molar-refractivity contribution in [2.45, 2.75) is 37.5 Å². The van der Waals surface area contributed by atoms with Crippen LogP contribution in [0, 0.1) is 0 Å². The van der Waals surface area contributed by atoms with E-state index in [1.54, 1.807) is 102 Å². The number of hydrogen-bond donors (Lipinski definition) is 1. The molecule has 256 valence electrons. The van der Waals surface area contributed by atoms with Gasteiger partial charge in [0.05, 0.1) is 23.0 Å². The molecule has 1 unspecified atom stereocenters. The van der Waals surface area contributed by atoms with Crippen LogP contribution in [0.2, 0.25) is 0 Å². The first-order valence-electron chi connectivity index (χ1n) is 16.3. The summed E-state index contributed by atoms with van der Waals surface area (Å²) >= 11 is 0. The van der Waals surface area contributed by atoms with Crippen LogP contribution in [0.5, 0.6) is 0 Å². The summed E-state index contributed by atoms with van der Waals surface area (Å²) in [4.78, 5) is 54.0. The number of benzene rings is 4. The molecule has 1 N–H and O–H groups in total. The van der Waals surface area contributed by atoms with Crippen LogP contribution in [-0.4, -0.2) is 61.8 Å². The molecular formula is C39H33N5O7. The molecule has 51 heavy (non-hydrogen) atoms. The number of anilines is 1. The van der Waals surface area contributed by atoms with Crippen LogP contribution in [0.1, 0.15) is 49.8 Å². The van der Waals surface area contributed by atoms with Gasteiger partial charge in [-0.05, 0) is 48.9 Å². The van der Waals surface area contributed by atoms with Gasteiger partial charge in [-0.25, -0.2) is 29.3 Å². The predicted octanol–water partition coefficient (Wildman–Crippen LogP) is 6.03. The molecule has 4 aromatic carbocycles. The average Bonchev–Trinajstić information content (AvgIpc) is 3.72. The maximum atomic E-state index is 13.8. The maximum absolute atomic E-state index is 13.8. The first-order chi connectivity index (χ1) is 24.9. The van der Waals surface area contributed by atoms with Crippen LogP contribution < -0.4 is 5.32 Å². The Bertz CT molecular complexity index is 2130. The quantitative estimate of drug-likeness (QED) is 0.126. The zero-order valence-corrected chi connectivity index (χ0v) is 27.5. The molecule has 0 spiro atoms. The molecule has 0 radical (unpaired) electrons. The van der Waals surface area contributed by atoms with Crippen molar-refractivity contribution in [3.63, 3.8) is 0 Å². The van der Waals surface area contributed by atoms with E-state index in [0.717, 1.165) is 5.56 Å². The number of carbonyl (C=O) groups is 3. The lowest BCUT2D eigenvalue weighted by Crippen LogP contribution is -2.50. The highest BCUT2D eigenvalue weighted by Crippen LogP contribution is 2.45. The topological polar surface area (TPSA) is 144 Å². The van der Waals surface area contributed by atoms with Crippen LogP contribution in [-0.2, 0) is 25.5 Å². The van der Waals surface area contributed by atoms with E-state index in [1.807, 2.05) is 30.3 Å². The molecule has 0 bridgehead atoms. The second kappa shape index (κ2) is 14.6. The first kappa shape index (κ1) is 33.1. The number of nitrogens with zero attached hydrogens (tertiary/aromatic N) is 4. The minimum absolute atomic E-state index is 0.271. The van der Waals surface area contributed by atoms with Crippen LogP contribution in [0.25, 0.3) is 11.2 Å². The highest BCUT2D eigenvalue weighted by molar-refractivity contribution is 5.91. The molecule has 1 aliphatic heterocycles. The smallest absolute Gasteiger partial charge is 0.338 e. The minimum Gasteiger partial charge on any atom is -0.459 e. The number of fused-ring (bicyclic) bond motifs is 1. The van der Waals surface area contributed by atoms with Crippen molar-refractivity contribution in [1.82, 2.24) is 19.5 Å². The standard InChI is InChI=1S/C39H33N5O7/c1-39(51-37(47)29-20-12-5-13-21-29)32(50-36(46)28-18-10-4-11-19-28)30(23-48-35(45)27-16-8-3-9-17-27)49-38(39)44-25-43-31-33(41-24-42-34(31)44)40-22-26-14-6-2-7-15-26/h2-21,24-25,30,32,38H,22-23H2,1H3,(H,40,41,42)/t30-,32?,38-,39+/m1/s1. The lowest BCUT2D eigenvalue weighted by molar-refractivity contribution is -0.108. The van der Waals surface area contributed by atoms with Gasteiger partial charge in [0.2, 0.25) is 0 Å². The minimum atomic E-state index is -1.70. The maximum Gasteiger partial charge on any atom is 0.338 e. The third kappa shape index (κ3) is 7.03. The fraction of sp³-hybridized carbons (Fsp3) is 0.179. The summed E-state index contributed by atoms with van der Waals surface area (Å²) in [7, 11) is 0. The molecule has 1 fully saturated rings. The Morgan fingerprint density at radius 2 is 1.31 bits per heavy atom. The second-order valence-electron chi connectivity index (χ2n) is 12.0. The molecular weight excluding hydrogens is 650 g/mol. The number of esters is 3. The largest absolute Gasteiger partial charge is 0.459 e. The zero-order chi connectivity index (χ0) is 35.2. The Morgan fingerprint density at radius 1 is 0.745 bits per heavy atom. The van der Waals surface area contributed by atoms with E-state index in [0.29, 0.717) is 29.1 Å². The highest BCUT2D eigenvalue weighted by Gasteiger charge is 2.60. The Labute approximate surface area is 293 Å². The number of rotatable bonds is 11. The number of carbonyl (C=O) groups excluding carboxylic acids is 3. The molecule has 0 aliphatic carbocycles. The molecule has 4 atom stereocenters. The normalized spacial score (nSPS) is 19.7. The van der Waals surface area contributed by atoms with Crippen molar-refractivity contribution >= 4 is 34.9 Å². The van der Waals surface area contributed by atoms with Gasteiger partial charge in [-0.1, -0.05) is 84.9 Å². The molecule has 12 heteroatoms. The summed E-state index contributed by atoms with van der Waals surface area (Å²) in [5, 5.41) is 3.31. The summed E-state index contributed by atoms with van der Waals surface area (Å²) in [6.07, 6.45) is -0.607. The van der Waals surface area contributed by atoms with Crippen LogP contribution in [0.3, 0.4) is 0 Å². The van der Waals surface area contributed by atoms with Crippen LogP contribution in [0.15, 0.2) is 134 Å². The van der Waals surface area contributed by atoms with Crippen molar-refractivity contribution in [2.75, 3.05) is 11.9 Å². The average molecular weight is 684 g/mol. The van der Waals surface area contributed by atoms with E-state index in [2.05, 4.69) is 20.3 Å². The van der Waals surface area contributed by atoms with Crippen molar-refractivity contribution < 1.29 is 33.3 Å². The Morgan fingerprint density at radius 3 is 1.94 bits per heavy atom. The number of imidazole rings is 1. The lowest BCUT2D eigenvalue weighted by Gasteiger charge is -2.34. The van der Waals surface area contributed by atoms with Gasteiger partial charge in [-0.2, -0.15) is 0 Å². The number of hydrogen-bond acceptors (Lipinski definition) is 11. The number of aromatic nitrogens is 4. The molecule has 7 rings (SSSR count). The third-order valence-electron chi connectivity index (χ3n) is 8.56. The summed E-state index contributed by atoms with van der Waals surface area (Å²) in [6, 6.07) is 35.1. The van der Waals surface area contributed by atoms with E-state index in [-0.39, 0.29) is 17.7 Å². The fourth-order valence-corrected chi connectivity index (χ4v) is 5.99. The van der Waals surface area contributed by atoms with E-state index in [9.17, 15) is 14.4 Å². The van der Waals surface area contributed by atoms with Gasteiger partial charge in [-0.3, -0.25) is 4.57 Å². The van der Waals surface area contributed by atoms with Gasteiger partial charge < -0.3 is 24.3 Å². The fourth-order valence-electron chi connectivity index (χ4n) is 5.99. The van der Waals surface area contributed by atoms with Crippen LogP contribution in [0.4, 0.5) is 5.82 Å². The Kier molecular flexibility index (Phi) is 9.48. The van der Waals surface area contributed by atoms with Crippen molar-refractivity contribution in [2.24, 2.45) is 0 Å². The molecule has 0 amide bonds.